The van der Waals surface area contributed by atoms with Crippen molar-refractivity contribution < 1.29 is 0 Å². The molecule has 0 aliphatic carbocycles. The first-order valence-electron chi connectivity index (χ1n) is 8.18. The molecule has 2 aliphatic rings. The highest BCUT2D eigenvalue weighted by Crippen LogP contribution is 2.43. The van der Waals surface area contributed by atoms with Gasteiger partial charge in [-0.2, -0.15) is 0 Å². The first-order chi connectivity index (χ1) is 9.43. The summed E-state index contributed by atoms with van der Waals surface area (Å²) in [4.78, 5) is 9.98. The topological polar surface area (TPSA) is 18.8 Å². The highest BCUT2D eigenvalue weighted by atomic mass is 15.3. The van der Waals surface area contributed by atoms with E-state index in [1.165, 1.54) is 17.1 Å². The van der Waals surface area contributed by atoms with E-state index in [4.69, 9.17) is 4.99 Å². The van der Waals surface area contributed by atoms with Gasteiger partial charge < -0.3 is 9.80 Å². The van der Waals surface area contributed by atoms with Gasteiger partial charge in [0.2, 0.25) is 0 Å². The smallest absolute Gasteiger partial charge is 0.109 e. The summed E-state index contributed by atoms with van der Waals surface area (Å²) in [5, 5.41) is 0. The molecule has 0 aromatic carbocycles. The van der Waals surface area contributed by atoms with Gasteiger partial charge in [0, 0.05) is 30.1 Å². The van der Waals surface area contributed by atoms with Crippen LogP contribution in [0.3, 0.4) is 0 Å². The Morgan fingerprint density at radius 3 is 2.05 bits per heavy atom. The summed E-state index contributed by atoms with van der Waals surface area (Å²) in [6.07, 6.45) is 1.15. The number of amidine groups is 1. The Bertz CT molecular complexity index is 472. The highest BCUT2D eigenvalue weighted by Gasteiger charge is 2.42. The Balaban J connectivity index is 2.52. The van der Waals surface area contributed by atoms with Crippen LogP contribution in [-0.4, -0.2) is 48.4 Å². The van der Waals surface area contributed by atoms with Crippen molar-refractivity contribution in [3.63, 3.8) is 0 Å². The van der Waals surface area contributed by atoms with Crippen LogP contribution in [0.25, 0.3) is 0 Å². The van der Waals surface area contributed by atoms with Crippen molar-refractivity contribution in [3.8, 4) is 0 Å². The van der Waals surface area contributed by atoms with Crippen LogP contribution in [0.4, 0.5) is 0 Å². The molecule has 21 heavy (non-hydrogen) atoms. The fourth-order valence-electron chi connectivity index (χ4n) is 3.75. The molecule has 0 N–H and O–H groups in total. The minimum atomic E-state index is 0.101. The second-order valence-corrected chi connectivity index (χ2v) is 8.92. The van der Waals surface area contributed by atoms with Crippen molar-refractivity contribution >= 4 is 5.84 Å². The zero-order chi connectivity index (χ0) is 16.2. The second-order valence-electron chi connectivity index (χ2n) is 8.92. The van der Waals surface area contributed by atoms with Crippen LogP contribution in [0, 0.1) is 10.8 Å². The second kappa shape index (κ2) is 5.12. The average Bonchev–Trinajstić information content (AvgIpc) is 2.68. The summed E-state index contributed by atoms with van der Waals surface area (Å²) in [6, 6.07) is 0.890. The fraction of sp³-hybridized carbons (Fsp3) is 0.833. The number of rotatable bonds is 1. The summed E-state index contributed by atoms with van der Waals surface area (Å²) in [7, 11) is 4.38. The van der Waals surface area contributed by atoms with E-state index in [1.807, 2.05) is 0 Å². The third kappa shape index (κ3) is 3.03. The van der Waals surface area contributed by atoms with Gasteiger partial charge in [-0.05, 0) is 32.0 Å². The molecule has 0 bridgehead atoms. The third-order valence-electron chi connectivity index (χ3n) is 4.66. The highest BCUT2D eigenvalue weighted by molar-refractivity contribution is 5.90. The number of aliphatic imine (C=N–C) groups is 1. The maximum absolute atomic E-state index is 5.10. The van der Waals surface area contributed by atoms with Gasteiger partial charge in [-0.3, -0.25) is 4.99 Å². The zero-order valence-corrected chi connectivity index (χ0v) is 15.4. The zero-order valence-electron chi connectivity index (χ0n) is 15.4. The molecule has 2 heterocycles. The van der Waals surface area contributed by atoms with Gasteiger partial charge in [0.05, 0.1) is 6.04 Å². The van der Waals surface area contributed by atoms with Crippen molar-refractivity contribution in [2.24, 2.45) is 15.8 Å². The summed E-state index contributed by atoms with van der Waals surface area (Å²) >= 11 is 0. The molecule has 0 aromatic rings. The quantitative estimate of drug-likeness (QED) is 0.732. The minimum absolute atomic E-state index is 0.101. The monoisotopic (exact) mass is 291 g/mol. The Morgan fingerprint density at radius 1 is 1.05 bits per heavy atom. The molecular formula is C18H33N3. The Hall–Kier alpha value is -0.830. The van der Waals surface area contributed by atoms with E-state index in [9.17, 15) is 0 Å². The van der Waals surface area contributed by atoms with Crippen LogP contribution in [0.2, 0.25) is 0 Å². The van der Waals surface area contributed by atoms with E-state index in [2.05, 4.69) is 72.4 Å². The summed E-state index contributed by atoms with van der Waals surface area (Å²) < 4.78 is 0. The summed E-state index contributed by atoms with van der Waals surface area (Å²) in [5.74, 6) is 1.27. The van der Waals surface area contributed by atoms with Crippen LogP contribution < -0.4 is 0 Å². The van der Waals surface area contributed by atoms with Crippen LogP contribution >= 0.6 is 0 Å². The molecule has 1 saturated heterocycles. The molecular weight excluding hydrogens is 258 g/mol. The molecule has 1 fully saturated rings. The van der Waals surface area contributed by atoms with Gasteiger partial charge in [0.25, 0.3) is 0 Å². The molecule has 2 atom stereocenters. The lowest BCUT2D eigenvalue weighted by atomic mass is 9.79. The average molecular weight is 291 g/mol. The van der Waals surface area contributed by atoms with E-state index in [-0.39, 0.29) is 10.8 Å². The summed E-state index contributed by atoms with van der Waals surface area (Å²) in [5.41, 5.74) is 3.35. The van der Waals surface area contributed by atoms with Crippen molar-refractivity contribution in [1.29, 1.82) is 0 Å². The first kappa shape index (κ1) is 16.5. The minimum Gasteiger partial charge on any atom is -0.332 e. The molecule has 120 valence electrons. The molecule has 0 saturated carbocycles. The number of hydrogen-bond acceptors (Lipinski definition) is 3. The van der Waals surface area contributed by atoms with E-state index in [1.54, 1.807) is 0 Å². The van der Waals surface area contributed by atoms with Gasteiger partial charge in [-0.15, -0.1) is 0 Å². The summed E-state index contributed by atoms with van der Waals surface area (Å²) in [6.45, 7) is 17.1. The molecule has 0 unspecified atom stereocenters. The predicted octanol–water partition coefficient (Wildman–Crippen LogP) is 3.77. The van der Waals surface area contributed by atoms with E-state index >= 15 is 0 Å². The van der Waals surface area contributed by atoms with Crippen molar-refractivity contribution in [3.05, 3.63) is 11.3 Å². The van der Waals surface area contributed by atoms with Crippen molar-refractivity contribution in [1.82, 2.24) is 9.80 Å². The Kier molecular flexibility index (Phi) is 4.03. The predicted molar refractivity (Wildman–Crippen MR) is 91.6 cm³/mol. The molecule has 0 radical (unpaired) electrons. The van der Waals surface area contributed by atoms with E-state index < -0.39 is 0 Å². The molecule has 0 spiro atoms. The SMILES string of the molecule is C[C@@H]1N=C(C(C)(C)C)N2C[C@@H](N(C)C)CC2=C1C(C)(C)C. The molecule has 0 aromatic heterocycles. The van der Waals surface area contributed by atoms with Crippen LogP contribution in [0.5, 0.6) is 0 Å². The lowest BCUT2D eigenvalue weighted by molar-refractivity contribution is 0.296. The van der Waals surface area contributed by atoms with E-state index in [0.717, 1.165) is 13.0 Å². The van der Waals surface area contributed by atoms with Crippen LogP contribution in [0.1, 0.15) is 54.9 Å². The number of likely N-dealkylation sites (N-methyl/N-ethyl adjacent to an activating group) is 1. The number of hydrogen-bond donors (Lipinski definition) is 0. The Labute approximate surface area is 131 Å². The molecule has 0 amide bonds. The van der Waals surface area contributed by atoms with Gasteiger partial charge >= 0.3 is 0 Å². The van der Waals surface area contributed by atoms with Crippen LogP contribution in [0.15, 0.2) is 16.3 Å². The first-order valence-corrected chi connectivity index (χ1v) is 8.18. The van der Waals surface area contributed by atoms with Gasteiger partial charge in [-0.25, -0.2) is 0 Å². The number of nitrogens with zero attached hydrogens (tertiary/aromatic N) is 3. The molecule has 2 rings (SSSR count). The third-order valence-corrected chi connectivity index (χ3v) is 4.66. The largest absolute Gasteiger partial charge is 0.332 e. The number of fused-ring (bicyclic) bond motifs is 1. The van der Waals surface area contributed by atoms with Gasteiger partial charge in [-0.1, -0.05) is 41.5 Å². The van der Waals surface area contributed by atoms with E-state index in [0.29, 0.717) is 12.1 Å². The lowest BCUT2D eigenvalue weighted by Crippen LogP contribution is -2.44. The van der Waals surface area contributed by atoms with Crippen molar-refractivity contribution in [2.45, 2.75) is 67.0 Å². The fourth-order valence-corrected chi connectivity index (χ4v) is 3.75. The molecule has 3 nitrogen and oxygen atoms in total. The maximum atomic E-state index is 5.10. The van der Waals surface area contributed by atoms with Crippen LogP contribution in [-0.2, 0) is 0 Å². The normalized spacial score (nSPS) is 27.3. The van der Waals surface area contributed by atoms with Crippen molar-refractivity contribution in [2.75, 3.05) is 20.6 Å². The van der Waals surface area contributed by atoms with Gasteiger partial charge in [0.15, 0.2) is 0 Å². The maximum Gasteiger partial charge on any atom is 0.109 e. The molecule has 3 heteroatoms. The van der Waals surface area contributed by atoms with Gasteiger partial charge in [0.1, 0.15) is 5.84 Å². The Morgan fingerprint density at radius 2 is 1.62 bits per heavy atom. The standard InChI is InChI=1S/C18H33N3/c1-12-15(17(2,3)4)14-10-13(20(8)9)11-21(14)16(19-12)18(5,6)7/h12-13H,10-11H2,1-9H3/t12-,13-/m0/s1. The molecule has 2 aliphatic heterocycles. The lowest BCUT2D eigenvalue weighted by Gasteiger charge is -2.41.